The van der Waals surface area contributed by atoms with E-state index in [0.29, 0.717) is 5.25 Å². The van der Waals surface area contributed by atoms with Crippen molar-refractivity contribution >= 4 is 23.5 Å². The Morgan fingerprint density at radius 1 is 1.31 bits per heavy atom. The van der Waals surface area contributed by atoms with Crippen molar-refractivity contribution in [3.05, 3.63) is 40.8 Å². The quantitative estimate of drug-likeness (QED) is 0.703. The molecule has 0 spiro atoms. The largest absolute Gasteiger partial charge is 0.184 e. The fourth-order valence-corrected chi connectivity index (χ4v) is 4.03. The molecular formula is C9H9NOS2. The van der Waals surface area contributed by atoms with Gasteiger partial charge in [0, 0.05) is 11.0 Å². The Morgan fingerprint density at radius 3 is 2.69 bits per heavy atom. The lowest BCUT2D eigenvalue weighted by Crippen LogP contribution is -1.90. The van der Waals surface area contributed by atoms with Gasteiger partial charge in [-0.25, -0.2) is 0 Å². The molecule has 1 saturated heterocycles. The molecule has 1 aliphatic heterocycles. The summed E-state index contributed by atoms with van der Waals surface area (Å²) in [6.45, 7) is 0. The van der Waals surface area contributed by atoms with Crippen molar-refractivity contribution in [1.82, 2.24) is 0 Å². The number of nitroso groups, excluding NO2 is 1. The van der Waals surface area contributed by atoms with Crippen molar-refractivity contribution in [3.8, 4) is 0 Å². The molecular weight excluding hydrogens is 202 g/mol. The highest BCUT2D eigenvalue weighted by Crippen LogP contribution is 2.47. The van der Waals surface area contributed by atoms with E-state index in [4.69, 9.17) is 0 Å². The van der Waals surface area contributed by atoms with Crippen LogP contribution < -0.4 is 0 Å². The summed E-state index contributed by atoms with van der Waals surface area (Å²) in [6.07, 6.45) is 0. The maximum atomic E-state index is 10.3. The molecule has 0 N–H and O–H groups in total. The predicted octanol–water partition coefficient (Wildman–Crippen LogP) is 3.26. The summed E-state index contributed by atoms with van der Waals surface area (Å²) in [4.78, 5) is 10.3. The van der Waals surface area contributed by atoms with Gasteiger partial charge < -0.3 is 0 Å². The standard InChI is InChI=1S/C9H9NOS2/c11-10-9-12-6-8(13-9)7-4-2-1-3-5-7/h1-5,8-9H,6H2. The molecule has 1 aromatic carbocycles. The third-order valence-corrected chi connectivity index (χ3v) is 4.86. The molecule has 1 aliphatic rings. The van der Waals surface area contributed by atoms with E-state index < -0.39 is 0 Å². The monoisotopic (exact) mass is 211 g/mol. The van der Waals surface area contributed by atoms with Crippen LogP contribution in [0.5, 0.6) is 0 Å². The molecule has 2 atom stereocenters. The summed E-state index contributed by atoms with van der Waals surface area (Å²) < 4.78 is -0.106. The first-order valence-electron chi connectivity index (χ1n) is 4.04. The maximum Gasteiger partial charge on any atom is 0.184 e. The van der Waals surface area contributed by atoms with Gasteiger partial charge in [-0.1, -0.05) is 30.3 Å². The highest BCUT2D eigenvalue weighted by Gasteiger charge is 2.27. The third kappa shape index (κ3) is 2.06. The minimum Gasteiger partial charge on any atom is -0.149 e. The first-order valence-corrected chi connectivity index (χ1v) is 6.04. The number of hydrogen-bond donors (Lipinski definition) is 0. The first-order chi connectivity index (χ1) is 6.40. The molecule has 68 valence electrons. The summed E-state index contributed by atoms with van der Waals surface area (Å²) in [5.41, 5.74) is 1.30. The van der Waals surface area contributed by atoms with E-state index in [2.05, 4.69) is 17.3 Å². The summed E-state index contributed by atoms with van der Waals surface area (Å²) in [5, 5.41) is 3.48. The molecule has 1 fully saturated rings. The van der Waals surface area contributed by atoms with Crippen LogP contribution in [-0.4, -0.2) is 10.5 Å². The average molecular weight is 211 g/mol. The van der Waals surface area contributed by atoms with Crippen LogP contribution in [0.15, 0.2) is 35.5 Å². The molecule has 1 aromatic rings. The third-order valence-electron chi connectivity index (χ3n) is 1.93. The predicted molar refractivity (Wildman–Crippen MR) is 58.8 cm³/mol. The number of benzene rings is 1. The summed E-state index contributed by atoms with van der Waals surface area (Å²) in [6, 6.07) is 10.3. The SMILES string of the molecule is O=NC1SCC(c2ccccc2)S1. The summed E-state index contributed by atoms with van der Waals surface area (Å²) in [7, 11) is 0. The molecule has 0 saturated carbocycles. The minimum atomic E-state index is -0.106. The van der Waals surface area contributed by atoms with Gasteiger partial charge in [0.05, 0.1) is 0 Å². The van der Waals surface area contributed by atoms with Gasteiger partial charge in [0.15, 0.2) is 4.71 Å². The van der Waals surface area contributed by atoms with Gasteiger partial charge in [0.1, 0.15) is 0 Å². The van der Waals surface area contributed by atoms with Gasteiger partial charge in [0.2, 0.25) is 0 Å². The van der Waals surface area contributed by atoms with Gasteiger partial charge in [-0.2, -0.15) is 0 Å². The van der Waals surface area contributed by atoms with Crippen molar-refractivity contribution in [2.45, 2.75) is 9.96 Å². The molecule has 2 unspecified atom stereocenters. The molecule has 0 amide bonds. The molecule has 1 heterocycles. The Hall–Kier alpha value is -0.480. The molecule has 2 rings (SSSR count). The topological polar surface area (TPSA) is 29.4 Å². The number of hydrogen-bond acceptors (Lipinski definition) is 4. The fourth-order valence-electron chi connectivity index (χ4n) is 1.29. The van der Waals surface area contributed by atoms with E-state index in [9.17, 15) is 4.91 Å². The van der Waals surface area contributed by atoms with Crippen molar-refractivity contribution in [2.24, 2.45) is 5.18 Å². The maximum absolute atomic E-state index is 10.3. The second kappa shape index (κ2) is 4.15. The van der Waals surface area contributed by atoms with Crippen molar-refractivity contribution in [1.29, 1.82) is 0 Å². The molecule has 0 aromatic heterocycles. The normalized spacial score (nSPS) is 27.4. The zero-order valence-corrected chi connectivity index (χ0v) is 8.55. The molecule has 2 nitrogen and oxygen atoms in total. The highest BCUT2D eigenvalue weighted by molar-refractivity contribution is 8.20. The van der Waals surface area contributed by atoms with Crippen LogP contribution in [0.1, 0.15) is 10.8 Å². The van der Waals surface area contributed by atoms with Crippen LogP contribution in [-0.2, 0) is 0 Å². The van der Waals surface area contributed by atoms with Crippen LogP contribution >= 0.6 is 23.5 Å². The Morgan fingerprint density at radius 2 is 2.08 bits per heavy atom. The van der Waals surface area contributed by atoms with Crippen molar-refractivity contribution in [3.63, 3.8) is 0 Å². The van der Waals surface area contributed by atoms with Crippen LogP contribution in [0.2, 0.25) is 0 Å². The van der Waals surface area contributed by atoms with Crippen molar-refractivity contribution < 1.29 is 0 Å². The summed E-state index contributed by atoms with van der Waals surface area (Å²) in [5.74, 6) is 0.991. The molecule has 4 heteroatoms. The van der Waals surface area contributed by atoms with Crippen molar-refractivity contribution in [2.75, 3.05) is 5.75 Å². The van der Waals surface area contributed by atoms with Gasteiger partial charge in [-0.3, -0.25) is 0 Å². The van der Waals surface area contributed by atoms with Crippen LogP contribution in [0, 0.1) is 4.91 Å². The van der Waals surface area contributed by atoms with Crippen LogP contribution in [0.25, 0.3) is 0 Å². The van der Waals surface area contributed by atoms with E-state index in [-0.39, 0.29) is 4.71 Å². The lowest BCUT2D eigenvalue weighted by atomic mass is 10.2. The Labute approximate surface area is 85.5 Å². The van der Waals surface area contributed by atoms with E-state index >= 15 is 0 Å². The molecule has 0 aliphatic carbocycles. The Bertz CT molecular complexity index is 291. The van der Waals surface area contributed by atoms with Gasteiger partial charge >= 0.3 is 0 Å². The number of rotatable bonds is 2. The first kappa shape index (κ1) is 9.09. The highest BCUT2D eigenvalue weighted by atomic mass is 32.2. The minimum absolute atomic E-state index is 0.106. The van der Waals surface area contributed by atoms with E-state index in [1.165, 1.54) is 5.56 Å². The lowest BCUT2D eigenvalue weighted by molar-refractivity contribution is 1.13. The molecule has 0 radical (unpaired) electrons. The zero-order valence-electron chi connectivity index (χ0n) is 6.92. The average Bonchev–Trinajstić information content (AvgIpc) is 2.67. The number of thioether (sulfide) groups is 2. The second-order valence-corrected chi connectivity index (χ2v) is 5.48. The van der Waals surface area contributed by atoms with Gasteiger partial charge in [-0.15, -0.1) is 28.4 Å². The van der Waals surface area contributed by atoms with E-state index in [1.807, 2.05) is 18.2 Å². The van der Waals surface area contributed by atoms with E-state index in [0.717, 1.165) is 5.75 Å². The Balaban J connectivity index is 2.08. The van der Waals surface area contributed by atoms with Crippen LogP contribution in [0.3, 0.4) is 0 Å². The Kier molecular flexibility index (Phi) is 2.90. The zero-order chi connectivity index (χ0) is 9.10. The second-order valence-electron chi connectivity index (χ2n) is 2.78. The van der Waals surface area contributed by atoms with Crippen LogP contribution in [0.4, 0.5) is 0 Å². The molecule has 13 heavy (non-hydrogen) atoms. The molecule has 0 bridgehead atoms. The fraction of sp³-hybridized carbons (Fsp3) is 0.333. The van der Waals surface area contributed by atoms with E-state index in [1.54, 1.807) is 23.5 Å². The summed E-state index contributed by atoms with van der Waals surface area (Å²) >= 11 is 3.28. The number of nitrogens with zero attached hydrogens (tertiary/aromatic N) is 1. The smallest absolute Gasteiger partial charge is 0.149 e. The lowest BCUT2D eigenvalue weighted by Gasteiger charge is -2.06. The van der Waals surface area contributed by atoms with Gasteiger partial charge in [0.25, 0.3) is 0 Å². The van der Waals surface area contributed by atoms with Gasteiger partial charge in [-0.05, 0) is 10.7 Å².